The van der Waals surface area contributed by atoms with Crippen molar-refractivity contribution in [2.24, 2.45) is 0 Å². The molecule has 82 valence electrons. The van der Waals surface area contributed by atoms with Crippen LogP contribution in [0.15, 0.2) is 18.3 Å². The highest BCUT2D eigenvalue weighted by molar-refractivity contribution is 5.85. The Labute approximate surface area is 89.7 Å². The normalized spacial score (nSPS) is 9.73. The van der Waals surface area contributed by atoms with Gasteiger partial charge < -0.3 is 4.74 Å². The van der Waals surface area contributed by atoms with Crippen LogP contribution in [0.1, 0.15) is 25.5 Å². The van der Waals surface area contributed by atoms with Crippen LogP contribution in [-0.4, -0.2) is 17.7 Å². The minimum Gasteiger partial charge on any atom is -0.449 e. The van der Waals surface area contributed by atoms with Crippen molar-refractivity contribution >= 4 is 11.8 Å². The molecule has 1 heterocycles. The monoisotopic (exact) mass is 208 g/mol. The molecule has 0 bridgehead atoms. The lowest BCUT2D eigenvalue weighted by atomic mass is 10.3. The number of nitrogens with one attached hydrogen (secondary N) is 1. The Hall–Kier alpha value is -1.58. The zero-order valence-electron chi connectivity index (χ0n) is 9.12. The quantitative estimate of drug-likeness (QED) is 0.774. The summed E-state index contributed by atoms with van der Waals surface area (Å²) in [5.74, 6) is 0. The summed E-state index contributed by atoms with van der Waals surface area (Å²) in [6.07, 6.45) is 3.17. The number of rotatable bonds is 4. The smallest absolute Gasteiger partial charge is 0.411 e. The molecule has 1 aromatic heterocycles. The van der Waals surface area contributed by atoms with E-state index in [9.17, 15) is 4.79 Å². The maximum absolute atomic E-state index is 11.3. The van der Waals surface area contributed by atoms with Crippen LogP contribution < -0.4 is 5.32 Å². The first-order chi connectivity index (χ1) is 7.24. The molecular formula is C11H16N2O2. The lowest BCUT2D eigenvalue weighted by Gasteiger charge is -2.07. The van der Waals surface area contributed by atoms with Gasteiger partial charge in [-0.25, -0.2) is 4.79 Å². The third-order valence-corrected chi connectivity index (χ3v) is 1.97. The molecule has 0 atom stereocenters. The Kier molecular flexibility index (Phi) is 4.60. The average molecular weight is 208 g/mol. The molecule has 1 aromatic rings. The van der Waals surface area contributed by atoms with Gasteiger partial charge in [0.25, 0.3) is 0 Å². The molecule has 0 fully saturated rings. The van der Waals surface area contributed by atoms with Crippen LogP contribution in [0.25, 0.3) is 0 Å². The standard InChI is InChI=1S/C11H16N2O2/c1-3-4-8-15-11(14)13-10-6-5-7-12-9(10)2/h5-7H,3-4,8H2,1-2H3,(H,13,14). The Balaban J connectivity index is 2.41. The fraction of sp³-hybridized carbons (Fsp3) is 0.455. The van der Waals surface area contributed by atoms with Gasteiger partial charge in [-0.2, -0.15) is 0 Å². The number of hydrogen-bond donors (Lipinski definition) is 1. The summed E-state index contributed by atoms with van der Waals surface area (Å²) in [6, 6.07) is 3.57. The lowest BCUT2D eigenvalue weighted by molar-refractivity contribution is 0.160. The minimum absolute atomic E-state index is 0.417. The summed E-state index contributed by atoms with van der Waals surface area (Å²) >= 11 is 0. The van der Waals surface area contributed by atoms with Crippen molar-refractivity contribution in [2.75, 3.05) is 11.9 Å². The molecule has 0 saturated carbocycles. The van der Waals surface area contributed by atoms with Gasteiger partial charge in [-0.3, -0.25) is 10.3 Å². The topological polar surface area (TPSA) is 51.2 Å². The summed E-state index contributed by atoms with van der Waals surface area (Å²) in [6.45, 7) is 4.34. The predicted octanol–water partition coefficient (Wildman–Crippen LogP) is 2.74. The molecule has 0 aliphatic heterocycles. The van der Waals surface area contributed by atoms with E-state index < -0.39 is 6.09 Å². The third-order valence-electron chi connectivity index (χ3n) is 1.97. The molecule has 4 heteroatoms. The molecule has 15 heavy (non-hydrogen) atoms. The Morgan fingerprint density at radius 1 is 1.60 bits per heavy atom. The number of ether oxygens (including phenoxy) is 1. The van der Waals surface area contributed by atoms with Crippen molar-refractivity contribution in [3.05, 3.63) is 24.0 Å². The molecule has 0 aliphatic carbocycles. The fourth-order valence-corrected chi connectivity index (χ4v) is 1.07. The summed E-state index contributed by atoms with van der Waals surface area (Å²) in [5.41, 5.74) is 1.48. The van der Waals surface area contributed by atoms with Gasteiger partial charge >= 0.3 is 6.09 Å². The second-order valence-corrected chi connectivity index (χ2v) is 3.25. The Morgan fingerprint density at radius 2 is 2.40 bits per heavy atom. The number of amides is 1. The number of carbonyl (C=O) groups excluding carboxylic acids is 1. The first-order valence-electron chi connectivity index (χ1n) is 5.09. The van der Waals surface area contributed by atoms with Crippen molar-refractivity contribution in [3.8, 4) is 0 Å². The van der Waals surface area contributed by atoms with E-state index in [0.29, 0.717) is 12.3 Å². The maximum atomic E-state index is 11.3. The van der Waals surface area contributed by atoms with Crippen LogP contribution in [0.3, 0.4) is 0 Å². The van der Waals surface area contributed by atoms with E-state index in [-0.39, 0.29) is 0 Å². The van der Waals surface area contributed by atoms with E-state index in [0.717, 1.165) is 18.5 Å². The number of pyridine rings is 1. The van der Waals surface area contributed by atoms with Crippen LogP contribution in [0.4, 0.5) is 10.5 Å². The van der Waals surface area contributed by atoms with Gasteiger partial charge in [0.05, 0.1) is 18.0 Å². The molecule has 0 aromatic carbocycles. The van der Waals surface area contributed by atoms with Gasteiger partial charge in [0.1, 0.15) is 0 Å². The molecule has 0 unspecified atom stereocenters. The summed E-state index contributed by atoms with van der Waals surface area (Å²) in [7, 11) is 0. The number of nitrogens with zero attached hydrogens (tertiary/aromatic N) is 1. The number of carbonyl (C=O) groups is 1. The number of unbranched alkanes of at least 4 members (excludes halogenated alkanes) is 1. The molecule has 0 radical (unpaired) electrons. The van der Waals surface area contributed by atoms with Crippen molar-refractivity contribution < 1.29 is 9.53 Å². The van der Waals surface area contributed by atoms with Crippen LogP contribution in [0.5, 0.6) is 0 Å². The van der Waals surface area contributed by atoms with E-state index in [1.807, 2.05) is 13.8 Å². The van der Waals surface area contributed by atoms with E-state index in [1.165, 1.54) is 0 Å². The summed E-state index contributed by atoms with van der Waals surface area (Å²) < 4.78 is 4.96. The molecule has 0 aliphatic rings. The first-order valence-corrected chi connectivity index (χ1v) is 5.09. The second-order valence-electron chi connectivity index (χ2n) is 3.25. The van der Waals surface area contributed by atoms with Gasteiger partial charge in [-0.1, -0.05) is 13.3 Å². The second kappa shape index (κ2) is 6.01. The average Bonchev–Trinajstić information content (AvgIpc) is 2.22. The van der Waals surface area contributed by atoms with Gasteiger partial charge in [0.15, 0.2) is 0 Å². The SMILES string of the molecule is CCCCOC(=O)Nc1cccnc1C. The molecule has 4 nitrogen and oxygen atoms in total. The van der Waals surface area contributed by atoms with E-state index in [4.69, 9.17) is 4.74 Å². The number of aryl methyl sites for hydroxylation is 1. The van der Waals surface area contributed by atoms with Gasteiger partial charge in [0, 0.05) is 6.20 Å². The highest BCUT2D eigenvalue weighted by Crippen LogP contribution is 2.10. The van der Waals surface area contributed by atoms with E-state index >= 15 is 0 Å². The molecule has 1 rings (SSSR count). The highest BCUT2D eigenvalue weighted by atomic mass is 16.5. The van der Waals surface area contributed by atoms with E-state index in [1.54, 1.807) is 18.3 Å². The van der Waals surface area contributed by atoms with Crippen LogP contribution in [0.2, 0.25) is 0 Å². The van der Waals surface area contributed by atoms with Gasteiger partial charge in [0.2, 0.25) is 0 Å². The molecule has 1 N–H and O–H groups in total. The summed E-state index contributed by atoms with van der Waals surface area (Å²) in [4.78, 5) is 15.3. The summed E-state index contributed by atoms with van der Waals surface area (Å²) in [5, 5.41) is 2.65. The number of aromatic nitrogens is 1. The fourth-order valence-electron chi connectivity index (χ4n) is 1.07. The number of anilines is 1. The lowest BCUT2D eigenvalue weighted by Crippen LogP contribution is -2.15. The minimum atomic E-state index is -0.417. The molecule has 1 amide bonds. The molecule has 0 spiro atoms. The zero-order valence-corrected chi connectivity index (χ0v) is 9.12. The van der Waals surface area contributed by atoms with Gasteiger partial charge in [-0.15, -0.1) is 0 Å². The van der Waals surface area contributed by atoms with Crippen molar-refractivity contribution in [1.29, 1.82) is 0 Å². The third kappa shape index (κ3) is 3.97. The maximum Gasteiger partial charge on any atom is 0.411 e. The van der Waals surface area contributed by atoms with Crippen LogP contribution >= 0.6 is 0 Å². The Bertz CT molecular complexity index is 326. The van der Waals surface area contributed by atoms with Crippen molar-refractivity contribution in [2.45, 2.75) is 26.7 Å². The highest BCUT2D eigenvalue weighted by Gasteiger charge is 2.04. The van der Waals surface area contributed by atoms with Gasteiger partial charge in [-0.05, 0) is 25.5 Å². The Morgan fingerprint density at radius 3 is 3.07 bits per heavy atom. The zero-order chi connectivity index (χ0) is 11.1. The van der Waals surface area contributed by atoms with Crippen LogP contribution in [0, 0.1) is 6.92 Å². The molecular weight excluding hydrogens is 192 g/mol. The van der Waals surface area contributed by atoms with Crippen molar-refractivity contribution in [1.82, 2.24) is 4.98 Å². The van der Waals surface area contributed by atoms with Crippen LogP contribution in [-0.2, 0) is 4.74 Å². The molecule has 0 saturated heterocycles. The van der Waals surface area contributed by atoms with E-state index in [2.05, 4.69) is 10.3 Å². The largest absolute Gasteiger partial charge is 0.449 e. The number of hydrogen-bond acceptors (Lipinski definition) is 3. The van der Waals surface area contributed by atoms with Crippen molar-refractivity contribution in [3.63, 3.8) is 0 Å². The first kappa shape index (κ1) is 11.5. The predicted molar refractivity (Wildman–Crippen MR) is 58.9 cm³/mol.